The van der Waals surface area contributed by atoms with E-state index in [-0.39, 0.29) is 19.2 Å². The molecule has 3 aromatic rings. The average molecular weight is 335 g/mol. The summed E-state index contributed by atoms with van der Waals surface area (Å²) >= 11 is 0. The molecular formula is C19H17N3O3. The Bertz CT molecular complexity index is 921. The van der Waals surface area contributed by atoms with Crippen molar-refractivity contribution in [3.63, 3.8) is 0 Å². The first kappa shape index (κ1) is 15.4. The second-order valence-electron chi connectivity index (χ2n) is 5.72. The van der Waals surface area contributed by atoms with Gasteiger partial charge in [-0.1, -0.05) is 24.3 Å². The van der Waals surface area contributed by atoms with Crippen molar-refractivity contribution in [1.82, 2.24) is 10.3 Å². The minimum Gasteiger partial charge on any atom is -0.454 e. The van der Waals surface area contributed by atoms with Crippen LogP contribution in [-0.2, 0) is 11.3 Å². The Labute approximate surface area is 144 Å². The number of carbonyl (C=O) groups excluding carboxylic acids is 1. The summed E-state index contributed by atoms with van der Waals surface area (Å²) in [6, 6.07) is 15.3. The highest BCUT2D eigenvalue weighted by Gasteiger charge is 2.13. The maximum Gasteiger partial charge on any atom is 0.238 e. The van der Waals surface area contributed by atoms with Crippen LogP contribution < -0.4 is 20.1 Å². The third kappa shape index (κ3) is 3.39. The van der Waals surface area contributed by atoms with Gasteiger partial charge >= 0.3 is 0 Å². The summed E-state index contributed by atoms with van der Waals surface area (Å²) in [7, 11) is 0. The summed E-state index contributed by atoms with van der Waals surface area (Å²) in [4.78, 5) is 16.5. The van der Waals surface area contributed by atoms with E-state index in [2.05, 4.69) is 15.6 Å². The van der Waals surface area contributed by atoms with E-state index < -0.39 is 0 Å². The van der Waals surface area contributed by atoms with E-state index in [1.807, 2.05) is 48.5 Å². The van der Waals surface area contributed by atoms with Gasteiger partial charge in [-0.05, 0) is 29.8 Å². The highest BCUT2D eigenvalue weighted by molar-refractivity contribution is 6.00. The average Bonchev–Trinajstić information content (AvgIpc) is 3.10. The van der Waals surface area contributed by atoms with Crippen LogP contribution in [0.1, 0.15) is 5.56 Å². The monoisotopic (exact) mass is 335 g/mol. The molecule has 4 rings (SSSR count). The fourth-order valence-electron chi connectivity index (χ4n) is 2.77. The lowest BCUT2D eigenvalue weighted by atomic mass is 10.2. The van der Waals surface area contributed by atoms with Gasteiger partial charge in [0.15, 0.2) is 11.5 Å². The van der Waals surface area contributed by atoms with Gasteiger partial charge in [-0.3, -0.25) is 9.78 Å². The van der Waals surface area contributed by atoms with Gasteiger partial charge in [0.1, 0.15) is 0 Å². The highest BCUT2D eigenvalue weighted by Crippen LogP contribution is 2.32. The fraction of sp³-hybridized carbons (Fsp3) is 0.158. The molecule has 0 radical (unpaired) electrons. The highest BCUT2D eigenvalue weighted by atomic mass is 16.7. The molecule has 25 heavy (non-hydrogen) atoms. The Morgan fingerprint density at radius 2 is 1.96 bits per heavy atom. The molecule has 2 aromatic carbocycles. The summed E-state index contributed by atoms with van der Waals surface area (Å²) in [5, 5.41) is 7.03. The number of anilines is 1. The van der Waals surface area contributed by atoms with Crippen molar-refractivity contribution in [3.8, 4) is 11.5 Å². The molecule has 0 fully saturated rings. The van der Waals surface area contributed by atoms with Crippen molar-refractivity contribution in [2.24, 2.45) is 0 Å². The zero-order chi connectivity index (χ0) is 17.1. The normalized spacial score (nSPS) is 12.3. The number of para-hydroxylation sites is 1. The van der Waals surface area contributed by atoms with Gasteiger partial charge in [0.05, 0.1) is 17.7 Å². The minimum absolute atomic E-state index is 0.112. The number of carbonyl (C=O) groups is 1. The molecule has 0 spiro atoms. The van der Waals surface area contributed by atoms with E-state index >= 15 is 0 Å². The first-order chi connectivity index (χ1) is 12.3. The van der Waals surface area contributed by atoms with E-state index in [0.29, 0.717) is 12.2 Å². The molecule has 0 unspecified atom stereocenters. The van der Waals surface area contributed by atoms with E-state index in [1.54, 1.807) is 6.20 Å². The molecule has 0 atom stereocenters. The zero-order valence-electron chi connectivity index (χ0n) is 13.5. The number of hydrogen-bond acceptors (Lipinski definition) is 5. The van der Waals surface area contributed by atoms with Crippen molar-refractivity contribution >= 4 is 22.5 Å². The van der Waals surface area contributed by atoms with Gasteiger partial charge in [-0.15, -0.1) is 0 Å². The van der Waals surface area contributed by atoms with Gasteiger partial charge in [-0.25, -0.2) is 0 Å². The summed E-state index contributed by atoms with van der Waals surface area (Å²) < 4.78 is 10.6. The molecule has 1 aliphatic heterocycles. The number of hydrogen-bond donors (Lipinski definition) is 2. The van der Waals surface area contributed by atoms with Crippen LogP contribution >= 0.6 is 0 Å². The second kappa shape index (κ2) is 6.78. The van der Waals surface area contributed by atoms with Crippen LogP contribution in [0.4, 0.5) is 5.69 Å². The molecule has 1 amide bonds. The zero-order valence-corrected chi connectivity index (χ0v) is 13.5. The van der Waals surface area contributed by atoms with Crippen LogP contribution in [-0.4, -0.2) is 24.2 Å². The first-order valence-electron chi connectivity index (χ1n) is 8.02. The number of aromatic nitrogens is 1. The second-order valence-corrected chi connectivity index (χ2v) is 5.72. The summed E-state index contributed by atoms with van der Waals surface area (Å²) in [6.45, 7) is 1.03. The Kier molecular flexibility index (Phi) is 4.18. The smallest absolute Gasteiger partial charge is 0.238 e. The Morgan fingerprint density at radius 3 is 2.92 bits per heavy atom. The number of nitrogens with one attached hydrogen (secondary N) is 2. The van der Waals surface area contributed by atoms with Gasteiger partial charge in [0, 0.05) is 18.1 Å². The Morgan fingerprint density at radius 1 is 1.08 bits per heavy atom. The van der Waals surface area contributed by atoms with Crippen molar-refractivity contribution in [1.29, 1.82) is 0 Å². The van der Waals surface area contributed by atoms with E-state index in [1.165, 1.54) is 0 Å². The third-order valence-electron chi connectivity index (χ3n) is 3.96. The number of amides is 1. The molecule has 2 N–H and O–H groups in total. The molecule has 0 aliphatic carbocycles. The van der Waals surface area contributed by atoms with Crippen LogP contribution in [0, 0.1) is 0 Å². The fourth-order valence-corrected chi connectivity index (χ4v) is 2.77. The van der Waals surface area contributed by atoms with Crippen molar-refractivity contribution in [3.05, 3.63) is 60.3 Å². The lowest BCUT2D eigenvalue weighted by molar-refractivity contribution is -0.115. The molecule has 6 nitrogen and oxygen atoms in total. The molecular weight excluding hydrogens is 318 g/mol. The van der Waals surface area contributed by atoms with Crippen LogP contribution in [0.25, 0.3) is 10.9 Å². The quantitative estimate of drug-likeness (QED) is 0.750. The predicted molar refractivity (Wildman–Crippen MR) is 94.6 cm³/mol. The standard InChI is InChI=1S/C19H17N3O3/c23-18(22-15-5-1-3-14-4-2-8-21-19(14)15)11-20-10-13-6-7-16-17(9-13)25-12-24-16/h1-9,20H,10-12H2,(H,22,23). The lowest BCUT2D eigenvalue weighted by Gasteiger charge is -2.09. The number of nitrogens with zero attached hydrogens (tertiary/aromatic N) is 1. The first-order valence-corrected chi connectivity index (χ1v) is 8.02. The summed E-state index contributed by atoms with van der Waals surface area (Å²) in [5.41, 5.74) is 2.53. The van der Waals surface area contributed by atoms with Crippen LogP contribution in [0.2, 0.25) is 0 Å². The molecule has 1 aliphatic rings. The lowest BCUT2D eigenvalue weighted by Crippen LogP contribution is -2.27. The van der Waals surface area contributed by atoms with Gasteiger partial charge < -0.3 is 20.1 Å². The maximum atomic E-state index is 12.2. The largest absolute Gasteiger partial charge is 0.454 e. The van der Waals surface area contributed by atoms with Crippen LogP contribution in [0.5, 0.6) is 11.5 Å². The number of rotatable bonds is 5. The molecule has 0 bridgehead atoms. The summed E-state index contributed by atoms with van der Waals surface area (Å²) in [6.07, 6.45) is 1.72. The van der Waals surface area contributed by atoms with Gasteiger partial charge in [-0.2, -0.15) is 0 Å². The number of ether oxygens (including phenoxy) is 2. The van der Waals surface area contributed by atoms with Crippen LogP contribution in [0.3, 0.4) is 0 Å². The number of benzene rings is 2. The predicted octanol–water partition coefficient (Wildman–Crippen LogP) is 2.69. The van der Waals surface area contributed by atoms with E-state index in [9.17, 15) is 4.79 Å². The number of fused-ring (bicyclic) bond motifs is 2. The Balaban J connectivity index is 1.35. The number of pyridine rings is 1. The summed E-state index contributed by atoms with van der Waals surface area (Å²) in [5.74, 6) is 1.38. The molecule has 2 heterocycles. The molecule has 1 aromatic heterocycles. The van der Waals surface area contributed by atoms with Gasteiger partial charge in [0.2, 0.25) is 12.7 Å². The maximum absolute atomic E-state index is 12.2. The van der Waals surface area contributed by atoms with Crippen molar-refractivity contribution in [2.75, 3.05) is 18.7 Å². The van der Waals surface area contributed by atoms with Crippen LogP contribution in [0.15, 0.2) is 54.7 Å². The van der Waals surface area contributed by atoms with Crippen molar-refractivity contribution in [2.45, 2.75) is 6.54 Å². The van der Waals surface area contributed by atoms with E-state index in [4.69, 9.17) is 9.47 Å². The van der Waals surface area contributed by atoms with E-state index in [0.717, 1.165) is 28.0 Å². The third-order valence-corrected chi connectivity index (χ3v) is 3.96. The molecule has 126 valence electrons. The topological polar surface area (TPSA) is 72.5 Å². The minimum atomic E-state index is -0.112. The Hall–Kier alpha value is -3.12. The SMILES string of the molecule is O=C(CNCc1ccc2c(c1)OCO2)Nc1cccc2cccnc12. The molecule has 0 saturated heterocycles. The van der Waals surface area contributed by atoms with Gasteiger partial charge in [0.25, 0.3) is 0 Å². The van der Waals surface area contributed by atoms with Crippen molar-refractivity contribution < 1.29 is 14.3 Å². The molecule has 6 heteroatoms. The molecule has 0 saturated carbocycles.